The maximum absolute atomic E-state index is 12.4. The third-order valence-electron chi connectivity index (χ3n) is 3.82. The van der Waals surface area contributed by atoms with E-state index in [0.717, 1.165) is 17.5 Å². The van der Waals surface area contributed by atoms with Gasteiger partial charge in [0.05, 0.1) is 6.04 Å². The van der Waals surface area contributed by atoms with Crippen molar-refractivity contribution >= 4 is 5.91 Å². The third-order valence-corrected chi connectivity index (χ3v) is 3.82. The van der Waals surface area contributed by atoms with Crippen molar-refractivity contribution in [2.24, 2.45) is 5.41 Å². The minimum absolute atomic E-state index is 0.0289. The van der Waals surface area contributed by atoms with Gasteiger partial charge in [0.25, 0.3) is 0 Å². The van der Waals surface area contributed by atoms with Crippen LogP contribution in [0.1, 0.15) is 50.8 Å². The predicted molar refractivity (Wildman–Crippen MR) is 95.6 cm³/mol. The van der Waals surface area contributed by atoms with Crippen molar-refractivity contribution in [3.63, 3.8) is 0 Å². The third kappa shape index (κ3) is 6.03. The van der Waals surface area contributed by atoms with Gasteiger partial charge in [-0.15, -0.1) is 0 Å². The minimum atomic E-state index is -0.0361. The first-order valence-electron chi connectivity index (χ1n) is 8.31. The Balaban J connectivity index is 1.97. The molecule has 2 N–H and O–H groups in total. The van der Waals surface area contributed by atoms with E-state index in [1.54, 1.807) is 18.3 Å². The molecule has 128 valence electrons. The van der Waals surface area contributed by atoms with E-state index < -0.39 is 0 Å². The summed E-state index contributed by atoms with van der Waals surface area (Å²) in [5.41, 5.74) is 2.17. The predicted octanol–water partition coefficient (Wildman–Crippen LogP) is 4.01. The zero-order valence-electron chi connectivity index (χ0n) is 14.6. The molecule has 0 saturated heterocycles. The molecule has 24 heavy (non-hydrogen) atoms. The van der Waals surface area contributed by atoms with Crippen LogP contribution >= 0.6 is 0 Å². The molecule has 1 atom stereocenters. The summed E-state index contributed by atoms with van der Waals surface area (Å²) in [6.07, 6.45) is 5.48. The largest absolute Gasteiger partial charge is 0.508 e. The Labute approximate surface area is 143 Å². The fourth-order valence-electron chi connectivity index (χ4n) is 2.63. The first-order valence-corrected chi connectivity index (χ1v) is 8.31. The molecule has 0 aliphatic carbocycles. The van der Waals surface area contributed by atoms with Crippen LogP contribution in [0.4, 0.5) is 0 Å². The van der Waals surface area contributed by atoms with E-state index in [1.165, 1.54) is 0 Å². The van der Waals surface area contributed by atoms with E-state index in [1.807, 2.05) is 30.5 Å². The first kappa shape index (κ1) is 18.0. The number of pyridine rings is 1. The standard InChI is InChI=1S/C20H26N2O2/c1-20(2,3)13-18(16-5-4-12-21-14-16)22-19(24)11-8-15-6-9-17(23)10-7-15/h4-7,9-10,12,14,18,23H,8,11,13H2,1-3H3,(H,22,24)/t18-/m0/s1. The molecule has 0 aliphatic rings. The Morgan fingerprint density at radius 2 is 1.92 bits per heavy atom. The van der Waals surface area contributed by atoms with Gasteiger partial charge < -0.3 is 10.4 Å². The molecule has 1 aromatic carbocycles. The monoisotopic (exact) mass is 326 g/mol. The summed E-state index contributed by atoms with van der Waals surface area (Å²) in [6, 6.07) is 10.8. The van der Waals surface area contributed by atoms with Crippen molar-refractivity contribution in [2.45, 2.75) is 46.1 Å². The molecule has 1 heterocycles. The molecule has 2 rings (SSSR count). The van der Waals surface area contributed by atoms with Crippen LogP contribution in [0, 0.1) is 5.41 Å². The van der Waals surface area contributed by atoms with Gasteiger partial charge in [-0.1, -0.05) is 39.0 Å². The smallest absolute Gasteiger partial charge is 0.220 e. The van der Waals surface area contributed by atoms with Crippen molar-refractivity contribution in [3.05, 3.63) is 59.9 Å². The van der Waals surface area contributed by atoms with Gasteiger partial charge in [-0.3, -0.25) is 9.78 Å². The van der Waals surface area contributed by atoms with Crippen LogP contribution in [0.15, 0.2) is 48.8 Å². The van der Waals surface area contributed by atoms with Crippen molar-refractivity contribution < 1.29 is 9.90 Å². The summed E-state index contributed by atoms with van der Waals surface area (Å²) in [6.45, 7) is 6.50. The van der Waals surface area contributed by atoms with Crippen LogP contribution in [0.5, 0.6) is 5.75 Å². The lowest BCUT2D eigenvalue weighted by molar-refractivity contribution is -0.122. The lowest BCUT2D eigenvalue weighted by atomic mass is 9.85. The number of aromatic hydroxyl groups is 1. The quantitative estimate of drug-likeness (QED) is 0.843. The number of carbonyl (C=O) groups excluding carboxylic acids is 1. The number of aryl methyl sites for hydroxylation is 1. The van der Waals surface area contributed by atoms with Gasteiger partial charge in [0.2, 0.25) is 5.91 Å². The lowest BCUT2D eigenvalue weighted by Gasteiger charge is -2.27. The Bertz CT molecular complexity index is 646. The summed E-state index contributed by atoms with van der Waals surface area (Å²) in [5.74, 6) is 0.270. The minimum Gasteiger partial charge on any atom is -0.508 e. The number of amides is 1. The summed E-state index contributed by atoms with van der Waals surface area (Å²) < 4.78 is 0. The second kappa shape index (κ2) is 7.95. The highest BCUT2D eigenvalue weighted by Crippen LogP contribution is 2.29. The van der Waals surface area contributed by atoms with Crippen LogP contribution < -0.4 is 5.32 Å². The van der Waals surface area contributed by atoms with Crippen LogP contribution in [0.2, 0.25) is 0 Å². The molecule has 4 heteroatoms. The molecule has 2 aromatic rings. The summed E-state index contributed by atoms with van der Waals surface area (Å²) in [4.78, 5) is 16.5. The highest BCUT2D eigenvalue weighted by Gasteiger charge is 2.22. The van der Waals surface area contributed by atoms with E-state index >= 15 is 0 Å². The zero-order valence-corrected chi connectivity index (χ0v) is 14.6. The maximum Gasteiger partial charge on any atom is 0.220 e. The number of nitrogens with one attached hydrogen (secondary N) is 1. The van der Waals surface area contributed by atoms with E-state index in [9.17, 15) is 9.90 Å². The topological polar surface area (TPSA) is 62.2 Å². The number of phenols is 1. The lowest BCUT2D eigenvalue weighted by Crippen LogP contribution is -2.31. The molecular weight excluding hydrogens is 300 g/mol. The average molecular weight is 326 g/mol. The van der Waals surface area contributed by atoms with Crippen molar-refractivity contribution in [1.29, 1.82) is 0 Å². The van der Waals surface area contributed by atoms with E-state index in [4.69, 9.17) is 0 Å². The molecule has 0 aliphatic heterocycles. The molecule has 1 amide bonds. The highest BCUT2D eigenvalue weighted by atomic mass is 16.3. The zero-order chi connectivity index (χ0) is 17.6. The molecule has 0 saturated carbocycles. The Morgan fingerprint density at radius 3 is 2.50 bits per heavy atom. The summed E-state index contributed by atoms with van der Waals surface area (Å²) >= 11 is 0. The van der Waals surface area contributed by atoms with Crippen molar-refractivity contribution in [2.75, 3.05) is 0 Å². The normalized spacial score (nSPS) is 12.6. The molecule has 0 radical (unpaired) electrons. The molecule has 0 spiro atoms. The molecule has 0 unspecified atom stereocenters. The molecule has 1 aromatic heterocycles. The number of aromatic nitrogens is 1. The number of benzene rings is 1. The van der Waals surface area contributed by atoms with Gasteiger partial charge in [0.1, 0.15) is 5.75 Å². The number of carbonyl (C=O) groups is 1. The summed E-state index contributed by atoms with van der Waals surface area (Å²) in [7, 11) is 0. The van der Waals surface area contributed by atoms with Crippen LogP contribution in [-0.4, -0.2) is 16.0 Å². The second-order valence-electron chi connectivity index (χ2n) is 7.34. The number of phenolic OH excluding ortho intramolecular Hbond substituents is 1. The Kier molecular flexibility index (Phi) is 5.96. The van der Waals surface area contributed by atoms with Gasteiger partial charge in [-0.05, 0) is 47.6 Å². The summed E-state index contributed by atoms with van der Waals surface area (Å²) in [5, 5.41) is 12.4. The number of rotatable bonds is 6. The van der Waals surface area contributed by atoms with E-state index in [0.29, 0.717) is 12.8 Å². The van der Waals surface area contributed by atoms with E-state index in [2.05, 4.69) is 31.1 Å². The first-order chi connectivity index (χ1) is 11.3. The number of hydrogen-bond acceptors (Lipinski definition) is 3. The Hall–Kier alpha value is -2.36. The SMILES string of the molecule is CC(C)(C)C[C@H](NC(=O)CCc1ccc(O)cc1)c1cccnc1. The Morgan fingerprint density at radius 1 is 1.21 bits per heavy atom. The van der Waals surface area contributed by atoms with E-state index in [-0.39, 0.29) is 23.1 Å². The molecule has 0 bridgehead atoms. The molecule has 4 nitrogen and oxygen atoms in total. The van der Waals surface area contributed by atoms with Crippen molar-refractivity contribution in [1.82, 2.24) is 10.3 Å². The van der Waals surface area contributed by atoms with Crippen LogP contribution in [-0.2, 0) is 11.2 Å². The second-order valence-corrected chi connectivity index (χ2v) is 7.34. The molecular formula is C20H26N2O2. The number of hydrogen-bond donors (Lipinski definition) is 2. The fourth-order valence-corrected chi connectivity index (χ4v) is 2.63. The fraction of sp³-hybridized carbons (Fsp3) is 0.400. The van der Waals surface area contributed by atoms with Crippen LogP contribution in [0.25, 0.3) is 0 Å². The maximum atomic E-state index is 12.4. The van der Waals surface area contributed by atoms with Gasteiger partial charge >= 0.3 is 0 Å². The highest BCUT2D eigenvalue weighted by molar-refractivity contribution is 5.76. The average Bonchev–Trinajstić information content (AvgIpc) is 2.53. The van der Waals surface area contributed by atoms with Gasteiger partial charge in [0.15, 0.2) is 0 Å². The molecule has 0 fully saturated rings. The van der Waals surface area contributed by atoms with Gasteiger partial charge in [-0.2, -0.15) is 0 Å². The van der Waals surface area contributed by atoms with Gasteiger partial charge in [0, 0.05) is 18.8 Å². The van der Waals surface area contributed by atoms with Crippen molar-refractivity contribution in [3.8, 4) is 5.75 Å². The van der Waals surface area contributed by atoms with Gasteiger partial charge in [-0.25, -0.2) is 0 Å². The number of nitrogens with zero attached hydrogens (tertiary/aromatic N) is 1. The van der Waals surface area contributed by atoms with Crippen LogP contribution in [0.3, 0.4) is 0 Å².